The van der Waals surface area contributed by atoms with Gasteiger partial charge >= 0.3 is 0 Å². The molecular weight excluding hydrogens is 316 g/mol. The fraction of sp³-hybridized carbons (Fsp3) is 0.650. The van der Waals surface area contributed by atoms with Gasteiger partial charge in [-0.1, -0.05) is 6.07 Å². The first-order valence-corrected chi connectivity index (χ1v) is 9.34. The minimum atomic E-state index is 0.289. The summed E-state index contributed by atoms with van der Waals surface area (Å²) in [5.41, 5.74) is 1.11. The summed E-state index contributed by atoms with van der Waals surface area (Å²) >= 11 is 0. The summed E-state index contributed by atoms with van der Waals surface area (Å²) in [4.78, 5) is 17.4. The van der Waals surface area contributed by atoms with Gasteiger partial charge in [0.15, 0.2) is 11.5 Å². The van der Waals surface area contributed by atoms with Crippen LogP contribution in [0.1, 0.15) is 37.7 Å². The standard InChI is InChI=1S/C20H30N2O3/c1-21-12-4-6-16(21)17-7-5-13-22(17)20(23)11-9-15-8-10-18(24-2)19(14-15)25-3/h8,10,14,16-17H,4-7,9,11-13H2,1-3H3/t16-,17-/m1/s1. The van der Waals surface area contributed by atoms with Gasteiger partial charge in [-0.2, -0.15) is 0 Å². The third-order valence-corrected chi connectivity index (χ3v) is 5.72. The molecule has 0 radical (unpaired) electrons. The van der Waals surface area contributed by atoms with E-state index < -0.39 is 0 Å². The Morgan fingerprint density at radius 1 is 1.08 bits per heavy atom. The van der Waals surface area contributed by atoms with E-state index in [9.17, 15) is 4.79 Å². The number of nitrogens with zero attached hydrogens (tertiary/aromatic N) is 2. The summed E-state index contributed by atoms with van der Waals surface area (Å²) < 4.78 is 10.6. The van der Waals surface area contributed by atoms with Crippen molar-refractivity contribution in [2.24, 2.45) is 0 Å². The fourth-order valence-electron chi connectivity index (χ4n) is 4.36. The number of hydrogen-bond donors (Lipinski definition) is 0. The lowest BCUT2D eigenvalue weighted by Gasteiger charge is -2.33. The summed E-state index contributed by atoms with van der Waals surface area (Å²) in [6, 6.07) is 6.85. The molecule has 2 aliphatic rings. The topological polar surface area (TPSA) is 42.0 Å². The van der Waals surface area contributed by atoms with Crippen molar-refractivity contribution in [3.63, 3.8) is 0 Å². The lowest BCUT2D eigenvalue weighted by atomic mass is 10.0. The van der Waals surface area contributed by atoms with Gasteiger partial charge in [0.05, 0.1) is 14.2 Å². The molecule has 1 aromatic carbocycles. The Balaban J connectivity index is 1.60. The maximum Gasteiger partial charge on any atom is 0.223 e. The van der Waals surface area contributed by atoms with Crippen LogP contribution in [-0.4, -0.2) is 62.1 Å². The van der Waals surface area contributed by atoms with Gasteiger partial charge < -0.3 is 19.3 Å². The third kappa shape index (κ3) is 3.92. The second-order valence-electron chi connectivity index (χ2n) is 7.18. The van der Waals surface area contributed by atoms with E-state index in [1.165, 1.54) is 12.8 Å². The molecule has 1 aromatic rings. The fourth-order valence-corrected chi connectivity index (χ4v) is 4.36. The van der Waals surface area contributed by atoms with Crippen molar-refractivity contribution in [2.45, 2.75) is 50.6 Å². The maximum atomic E-state index is 12.8. The first-order valence-electron chi connectivity index (χ1n) is 9.34. The molecule has 5 heteroatoms. The molecule has 5 nitrogen and oxygen atoms in total. The maximum absolute atomic E-state index is 12.8. The molecule has 1 amide bonds. The van der Waals surface area contributed by atoms with Crippen molar-refractivity contribution in [1.82, 2.24) is 9.80 Å². The predicted octanol–water partition coefficient (Wildman–Crippen LogP) is 2.72. The number of aryl methyl sites for hydroxylation is 1. The van der Waals surface area contributed by atoms with Crippen LogP contribution in [-0.2, 0) is 11.2 Å². The Kier molecular flexibility index (Phi) is 5.84. The summed E-state index contributed by atoms with van der Waals surface area (Å²) in [6.07, 6.45) is 6.06. The zero-order valence-electron chi connectivity index (χ0n) is 15.7. The average molecular weight is 346 g/mol. The number of carbonyl (C=O) groups is 1. The zero-order chi connectivity index (χ0) is 17.8. The second kappa shape index (κ2) is 8.09. The molecule has 0 N–H and O–H groups in total. The molecule has 0 saturated carbocycles. The van der Waals surface area contributed by atoms with Crippen LogP contribution in [0, 0.1) is 0 Å². The first kappa shape index (κ1) is 18.1. The molecule has 2 atom stereocenters. The number of likely N-dealkylation sites (N-methyl/N-ethyl adjacent to an activating group) is 1. The van der Waals surface area contributed by atoms with Crippen molar-refractivity contribution in [1.29, 1.82) is 0 Å². The summed E-state index contributed by atoms with van der Waals surface area (Å²) in [5.74, 6) is 1.73. The number of carbonyl (C=O) groups excluding carboxylic acids is 1. The predicted molar refractivity (Wildman–Crippen MR) is 98.3 cm³/mol. The van der Waals surface area contributed by atoms with Crippen molar-refractivity contribution < 1.29 is 14.3 Å². The molecular formula is C20H30N2O3. The van der Waals surface area contributed by atoms with Crippen molar-refractivity contribution in [2.75, 3.05) is 34.4 Å². The van der Waals surface area contributed by atoms with Crippen molar-refractivity contribution in [3.05, 3.63) is 23.8 Å². The summed E-state index contributed by atoms with van der Waals surface area (Å²) in [7, 11) is 5.47. The van der Waals surface area contributed by atoms with Crippen LogP contribution in [0.2, 0.25) is 0 Å². The molecule has 0 aliphatic carbocycles. The van der Waals surface area contributed by atoms with E-state index in [0.717, 1.165) is 49.4 Å². The average Bonchev–Trinajstić information content (AvgIpc) is 3.27. The van der Waals surface area contributed by atoms with E-state index in [1.807, 2.05) is 18.2 Å². The molecule has 2 heterocycles. The molecule has 3 rings (SSSR count). The van der Waals surface area contributed by atoms with E-state index in [0.29, 0.717) is 18.5 Å². The Morgan fingerprint density at radius 2 is 1.80 bits per heavy atom. The number of ether oxygens (including phenoxy) is 2. The van der Waals surface area contributed by atoms with Crippen LogP contribution < -0.4 is 9.47 Å². The monoisotopic (exact) mass is 346 g/mol. The highest BCUT2D eigenvalue weighted by atomic mass is 16.5. The molecule has 2 fully saturated rings. The van der Waals surface area contributed by atoms with Gasteiger partial charge in [-0.3, -0.25) is 4.79 Å². The number of likely N-dealkylation sites (tertiary alicyclic amines) is 2. The molecule has 2 saturated heterocycles. The highest BCUT2D eigenvalue weighted by molar-refractivity contribution is 5.77. The van der Waals surface area contributed by atoms with E-state index in [2.05, 4.69) is 16.8 Å². The Labute approximate surface area is 150 Å². The first-order chi connectivity index (χ1) is 12.1. The lowest BCUT2D eigenvalue weighted by molar-refractivity contribution is -0.132. The van der Waals surface area contributed by atoms with Crippen LogP contribution in [0.15, 0.2) is 18.2 Å². The molecule has 2 aliphatic heterocycles. The molecule has 0 unspecified atom stereocenters. The van der Waals surface area contributed by atoms with Gasteiger partial charge in [0.2, 0.25) is 5.91 Å². The molecule has 0 bridgehead atoms. The van der Waals surface area contributed by atoms with Crippen molar-refractivity contribution in [3.8, 4) is 11.5 Å². The number of benzene rings is 1. The summed E-state index contributed by atoms with van der Waals surface area (Å²) in [6.45, 7) is 2.08. The zero-order valence-corrected chi connectivity index (χ0v) is 15.7. The Morgan fingerprint density at radius 3 is 2.48 bits per heavy atom. The van der Waals surface area contributed by atoms with Gasteiger partial charge in [-0.05, 0) is 63.4 Å². The van der Waals surface area contributed by atoms with E-state index >= 15 is 0 Å². The quantitative estimate of drug-likeness (QED) is 0.794. The molecule has 0 spiro atoms. The SMILES string of the molecule is COc1ccc(CCC(=O)N2CCC[C@@H]2[C@H]2CCCN2C)cc1OC. The second-order valence-corrected chi connectivity index (χ2v) is 7.18. The van der Waals surface area contributed by atoms with Gasteiger partial charge in [0, 0.05) is 25.0 Å². The summed E-state index contributed by atoms with van der Waals surface area (Å²) in [5, 5.41) is 0. The largest absolute Gasteiger partial charge is 0.493 e. The highest BCUT2D eigenvalue weighted by Crippen LogP contribution is 2.30. The molecule has 25 heavy (non-hydrogen) atoms. The van der Waals surface area contributed by atoms with Crippen LogP contribution in [0.4, 0.5) is 0 Å². The van der Waals surface area contributed by atoms with Crippen LogP contribution in [0.25, 0.3) is 0 Å². The van der Waals surface area contributed by atoms with Gasteiger partial charge in [0.25, 0.3) is 0 Å². The number of amides is 1. The Bertz CT molecular complexity index is 605. The molecule has 138 valence electrons. The van der Waals surface area contributed by atoms with Gasteiger partial charge in [0.1, 0.15) is 0 Å². The van der Waals surface area contributed by atoms with E-state index in [4.69, 9.17) is 9.47 Å². The third-order valence-electron chi connectivity index (χ3n) is 5.72. The van der Waals surface area contributed by atoms with E-state index in [1.54, 1.807) is 14.2 Å². The van der Waals surface area contributed by atoms with Crippen molar-refractivity contribution >= 4 is 5.91 Å². The lowest BCUT2D eigenvalue weighted by Crippen LogP contribution is -2.47. The number of methoxy groups -OCH3 is 2. The normalized spacial score (nSPS) is 23.9. The number of hydrogen-bond acceptors (Lipinski definition) is 4. The van der Waals surface area contributed by atoms with Gasteiger partial charge in [-0.15, -0.1) is 0 Å². The smallest absolute Gasteiger partial charge is 0.223 e. The molecule has 0 aromatic heterocycles. The number of rotatable bonds is 6. The van der Waals surface area contributed by atoms with Crippen LogP contribution in [0.3, 0.4) is 0 Å². The van der Waals surface area contributed by atoms with E-state index in [-0.39, 0.29) is 5.91 Å². The minimum absolute atomic E-state index is 0.289. The van der Waals surface area contributed by atoms with Crippen LogP contribution >= 0.6 is 0 Å². The highest BCUT2D eigenvalue weighted by Gasteiger charge is 2.37. The van der Waals surface area contributed by atoms with Crippen LogP contribution in [0.5, 0.6) is 11.5 Å². The minimum Gasteiger partial charge on any atom is -0.493 e. The Hall–Kier alpha value is -1.75. The van der Waals surface area contributed by atoms with Gasteiger partial charge in [-0.25, -0.2) is 0 Å².